The van der Waals surface area contributed by atoms with Crippen LogP contribution in [0.2, 0.25) is 0 Å². The maximum Gasteiger partial charge on any atom is 0.251 e. The van der Waals surface area contributed by atoms with Gasteiger partial charge in [-0.1, -0.05) is 25.5 Å². The molecule has 1 fully saturated rings. The topological polar surface area (TPSA) is 68.8 Å². The maximum atomic E-state index is 12.2. The average molecular weight is 388 g/mol. The Morgan fingerprint density at radius 3 is 2.46 bits per heavy atom. The Morgan fingerprint density at radius 1 is 1.11 bits per heavy atom. The fourth-order valence-electron chi connectivity index (χ4n) is 3.20. The van der Waals surface area contributed by atoms with Crippen LogP contribution in [0.25, 0.3) is 0 Å². The largest absolute Gasteiger partial charge is 0.357 e. The van der Waals surface area contributed by atoms with Crippen molar-refractivity contribution in [1.82, 2.24) is 20.9 Å². The van der Waals surface area contributed by atoms with Crippen molar-refractivity contribution >= 4 is 11.9 Å². The van der Waals surface area contributed by atoms with Crippen LogP contribution >= 0.6 is 0 Å². The van der Waals surface area contributed by atoms with Gasteiger partial charge in [-0.2, -0.15) is 0 Å². The Kier molecular flexibility index (Phi) is 9.83. The van der Waals surface area contributed by atoms with Crippen LogP contribution in [0.3, 0.4) is 0 Å². The third-order valence-corrected chi connectivity index (χ3v) is 5.14. The number of amides is 1. The molecule has 156 valence electrons. The van der Waals surface area contributed by atoms with Gasteiger partial charge >= 0.3 is 0 Å². The van der Waals surface area contributed by atoms with Crippen molar-refractivity contribution in [3.63, 3.8) is 0 Å². The zero-order chi connectivity index (χ0) is 20.2. The zero-order valence-corrected chi connectivity index (χ0v) is 17.8. The summed E-state index contributed by atoms with van der Waals surface area (Å²) in [5.74, 6) is 0.829. The number of likely N-dealkylation sites (tertiary alicyclic amines) is 1. The van der Waals surface area contributed by atoms with Gasteiger partial charge in [-0.25, -0.2) is 4.99 Å². The highest BCUT2D eigenvalue weighted by Crippen LogP contribution is 2.08. The van der Waals surface area contributed by atoms with Gasteiger partial charge in [-0.05, 0) is 63.9 Å². The molecule has 1 saturated heterocycles. The molecule has 0 bridgehead atoms. The Balaban J connectivity index is 1.82. The Hall–Kier alpha value is -2.08. The zero-order valence-electron chi connectivity index (χ0n) is 17.8. The first kappa shape index (κ1) is 22.2. The van der Waals surface area contributed by atoms with Crippen LogP contribution in [0.5, 0.6) is 0 Å². The molecule has 1 unspecified atom stereocenters. The van der Waals surface area contributed by atoms with E-state index in [2.05, 4.69) is 39.7 Å². The Bertz CT molecular complexity index is 608. The fraction of sp³-hybridized carbons (Fsp3) is 0.636. The quantitative estimate of drug-likeness (QED) is 0.450. The summed E-state index contributed by atoms with van der Waals surface area (Å²) in [5, 5.41) is 9.73. The molecular formula is C22H37N5O. The summed E-state index contributed by atoms with van der Waals surface area (Å²) in [4.78, 5) is 19.4. The van der Waals surface area contributed by atoms with Crippen LogP contribution < -0.4 is 16.0 Å². The van der Waals surface area contributed by atoms with Gasteiger partial charge in [-0.15, -0.1) is 0 Å². The van der Waals surface area contributed by atoms with E-state index < -0.39 is 0 Å². The summed E-state index contributed by atoms with van der Waals surface area (Å²) in [7, 11) is 0. The van der Waals surface area contributed by atoms with Crippen molar-refractivity contribution in [2.75, 3.05) is 32.7 Å². The third-order valence-electron chi connectivity index (χ3n) is 5.14. The van der Waals surface area contributed by atoms with Crippen LogP contribution in [-0.4, -0.2) is 55.5 Å². The predicted octanol–water partition coefficient (Wildman–Crippen LogP) is 2.76. The minimum atomic E-state index is -0.0166. The predicted molar refractivity (Wildman–Crippen MR) is 117 cm³/mol. The number of nitrogens with one attached hydrogen (secondary N) is 3. The van der Waals surface area contributed by atoms with Crippen molar-refractivity contribution in [3.8, 4) is 0 Å². The highest BCUT2D eigenvalue weighted by molar-refractivity contribution is 5.94. The first-order valence-corrected chi connectivity index (χ1v) is 10.8. The molecule has 6 heteroatoms. The molecule has 0 saturated carbocycles. The van der Waals surface area contributed by atoms with Gasteiger partial charge in [0.15, 0.2) is 5.96 Å². The number of aliphatic imine (C=N–C) groups is 1. The summed E-state index contributed by atoms with van der Waals surface area (Å²) < 4.78 is 0. The second kappa shape index (κ2) is 12.4. The molecule has 1 aromatic carbocycles. The van der Waals surface area contributed by atoms with E-state index in [1.54, 1.807) is 0 Å². The van der Waals surface area contributed by atoms with Crippen LogP contribution in [0, 0.1) is 0 Å². The lowest BCUT2D eigenvalue weighted by Gasteiger charge is -2.26. The molecule has 1 atom stereocenters. The van der Waals surface area contributed by atoms with Gasteiger partial charge in [0.2, 0.25) is 0 Å². The van der Waals surface area contributed by atoms with Crippen molar-refractivity contribution in [2.45, 2.75) is 59.0 Å². The van der Waals surface area contributed by atoms with E-state index in [0.717, 1.165) is 37.6 Å². The minimum Gasteiger partial charge on any atom is -0.357 e. The number of carbonyl (C=O) groups excluding carboxylic acids is 1. The van der Waals surface area contributed by atoms with Gasteiger partial charge in [0, 0.05) is 31.2 Å². The van der Waals surface area contributed by atoms with E-state index in [1.165, 1.54) is 32.4 Å². The van der Waals surface area contributed by atoms with Crippen molar-refractivity contribution in [1.29, 1.82) is 0 Å². The van der Waals surface area contributed by atoms with E-state index in [-0.39, 0.29) is 11.9 Å². The second-order valence-corrected chi connectivity index (χ2v) is 7.50. The summed E-state index contributed by atoms with van der Waals surface area (Å²) in [6.07, 6.45) is 4.93. The molecule has 0 aromatic heterocycles. The van der Waals surface area contributed by atoms with Gasteiger partial charge in [0.05, 0.1) is 6.54 Å². The first-order chi connectivity index (χ1) is 13.6. The smallest absolute Gasteiger partial charge is 0.251 e. The number of carbonyl (C=O) groups is 1. The summed E-state index contributed by atoms with van der Waals surface area (Å²) >= 11 is 0. The Morgan fingerprint density at radius 2 is 1.82 bits per heavy atom. The third kappa shape index (κ3) is 7.89. The lowest BCUT2D eigenvalue weighted by molar-refractivity contribution is 0.0939. The van der Waals surface area contributed by atoms with E-state index in [1.807, 2.05) is 31.2 Å². The van der Waals surface area contributed by atoms with E-state index >= 15 is 0 Å². The van der Waals surface area contributed by atoms with Gasteiger partial charge in [0.25, 0.3) is 5.91 Å². The molecule has 6 nitrogen and oxygen atoms in total. The Labute approximate surface area is 170 Å². The van der Waals surface area contributed by atoms with Crippen molar-refractivity contribution in [2.24, 2.45) is 4.99 Å². The van der Waals surface area contributed by atoms with Crippen LogP contribution in [-0.2, 0) is 6.54 Å². The molecular weight excluding hydrogens is 350 g/mol. The molecule has 3 N–H and O–H groups in total. The van der Waals surface area contributed by atoms with Crippen LogP contribution in [0.4, 0.5) is 0 Å². The molecule has 1 heterocycles. The highest BCUT2D eigenvalue weighted by atomic mass is 16.1. The monoisotopic (exact) mass is 387 g/mol. The molecule has 1 aromatic rings. The number of hydrogen-bond donors (Lipinski definition) is 3. The van der Waals surface area contributed by atoms with Gasteiger partial charge < -0.3 is 20.9 Å². The maximum absolute atomic E-state index is 12.2. The SMILES string of the molecule is CCNC(=NCc1ccc(C(=O)NC(C)CC)cc1)NCCN1CCCCC1. The standard InChI is InChI=1S/C22H37N5O/c1-4-18(3)26-21(28)20-11-9-19(10-12-20)17-25-22(23-5-2)24-13-16-27-14-7-6-8-15-27/h9-12,18H,4-8,13-17H2,1-3H3,(H,26,28)(H2,23,24,25). The summed E-state index contributed by atoms with van der Waals surface area (Å²) in [6.45, 7) is 12.0. The normalized spacial score (nSPS) is 16.5. The number of rotatable bonds is 9. The first-order valence-electron chi connectivity index (χ1n) is 10.8. The number of guanidine groups is 1. The fourth-order valence-corrected chi connectivity index (χ4v) is 3.20. The van der Waals surface area contributed by atoms with E-state index in [9.17, 15) is 4.79 Å². The number of hydrogen-bond acceptors (Lipinski definition) is 3. The number of benzene rings is 1. The van der Waals surface area contributed by atoms with E-state index in [4.69, 9.17) is 0 Å². The molecule has 2 rings (SSSR count). The molecule has 1 aliphatic heterocycles. The second-order valence-electron chi connectivity index (χ2n) is 7.50. The molecule has 0 radical (unpaired) electrons. The average Bonchev–Trinajstić information content (AvgIpc) is 2.73. The van der Waals surface area contributed by atoms with Crippen LogP contribution in [0.1, 0.15) is 62.4 Å². The number of nitrogens with zero attached hydrogens (tertiary/aromatic N) is 2. The van der Waals surface area contributed by atoms with Crippen molar-refractivity contribution in [3.05, 3.63) is 35.4 Å². The molecule has 1 aliphatic rings. The van der Waals surface area contributed by atoms with Gasteiger partial charge in [0.1, 0.15) is 0 Å². The minimum absolute atomic E-state index is 0.0166. The van der Waals surface area contributed by atoms with Crippen molar-refractivity contribution < 1.29 is 4.79 Å². The molecule has 1 amide bonds. The lowest BCUT2D eigenvalue weighted by atomic mass is 10.1. The summed E-state index contributed by atoms with van der Waals surface area (Å²) in [5.41, 5.74) is 1.79. The number of piperidine rings is 1. The van der Waals surface area contributed by atoms with Crippen LogP contribution in [0.15, 0.2) is 29.3 Å². The molecule has 0 aliphatic carbocycles. The lowest BCUT2D eigenvalue weighted by Crippen LogP contribution is -2.42. The molecule has 0 spiro atoms. The summed E-state index contributed by atoms with van der Waals surface area (Å²) in [6, 6.07) is 7.90. The van der Waals surface area contributed by atoms with Gasteiger partial charge in [-0.3, -0.25) is 4.79 Å². The highest BCUT2D eigenvalue weighted by Gasteiger charge is 2.10. The molecule has 28 heavy (non-hydrogen) atoms. The van der Waals surface area contributed by atoms with E-state index in [0.29, 0.717) is 12.1 Å².